The minimum absolute atomic E-state index is 0.0149. The molecule has 0 bridgehead atoms. The van der Waals surface area contributed by atoms with E-state index >= 15 is 0 Å². The molecule has 0 spiro atoms. The first-order valence-corrected chi connectivity index (χ1v) is 5.85. The van der Waals surface area contributed by atoms with Crippen molar-refractivity contribution in [3.8, 4) is 0 Å². The molecule has 100 valence electrons. The maximum absolute atomic E-state index is 11.8. The lowest BCUT2D eigenvalue weighted by atomic mass is 10.0. The molecule has 0 radical (unpaired) electrons. The number of nitrogens with zero attached hydrogens (tertiary/aromatic N) is 1. The molecule has 0 rings (SSSR count). The van der Waals surface area contributed by atoms with E-state index in [9.17, 15) is 9.59 Å². The third kappa shape index (κ3) is 6.26. The van der Waals surface area contributed by atoms with Crippen molar-refractivity contribution >= 4 is 11.9 Å². The van der Waals surface area contributed by atoms with Crippen molar-refractivity contribution in [2.45, 2.75) is 39.8 Å². The number of rotatable bonds is 6. The molecule has 5 nitrogen and oxygen atoms in total. The highest BCUT2D eigenvalue weighted by molar-refractivity contribution is 5.83. The SMILES string of the molecule is CC(=O)N[C@H](C(=O)OC[C@@H](C)N(C)C)C(C)C. The van der Waals surface area contributed by atoms with Gasteiger partial charge in [-0.1, -0.05) is 13.8 Å². The molecular formula is C12H24N2O3. The second kappa shape index (κ2) is 7.27. The van der Waals surface area contributed by atoms with Gasteiger partial charge in [0.05, 0.1) is 0 Å². The van der Waals surface area contributed by atoms with Crippen LogP contribution in [0.2, 0.25) is 0 Å². The van der Waals surface area contributed by atoms with Gasteiger partial charge < -0.3 is 15.0 Å². The van der Waals surface area contributed by atoms with Crippen molar-refractivity contribution in [2.24, 2.45) is 5.92 Å². The van der Waals surface area contributed by atoms with Gasteiger partial charge in [-0.05, 0) is 26.9 Å². The van der Waals surface area contributed by atoms with Gasteiger partial charge in [0.15, 0.2) is 0 Å². The number of nitrogens with one attached hydrogen (secondary N) is 1. The van der Waals surface area contributed by atoms with E-state index < -0.39 is 6.04 Å². The maximum atomic E-state index is 11.8. The molecule has 0 saturated heterocycles. The van der Waals surface area contributed by atoms with Gasteiger partial charge in [0.1, 0.15) is 12.6 Å². The molecule has 0 heterocycles. The summed E-state index contributed by atoms with van der Waals surface area (Å²) in [7, 11) is 3.85. The van der Waals surface area contributed by atoms with Crippen molar-refractivity contribution in [1.29, 1.82) is 0 Å². The monoisotopic (exact) mass is 244 g/mol. The van der Waals surface area contributed by atoms with Crippen molar-refractivity contribution in [3.05, 3.63) is 0 Å². The molecule has 1 amide bonds. The third-order valence-electron chi connectivity index (χ3n) is 2.63. The predicted molar refractivity (Wildman–Crippen MR) is 66.6 cm³/mol. The van der Waals surface area contributed by atoms with E-state index in [4.69, 9.17) is 4.74 Å². The molecule has 0 aliphatic heterocycles. The number of carbonyl (C=O) groups excluding carboxylic acids is 2. The van der Waals surface area contributed by atoms with Crippen LogP contribution in [0.5, 0.6) is 0 Å². The highest BCUT2D eigenvalue weighted by atomic mass is 16.5. The standard InChI is InChI=1S/C12H24N2O3/c1-8(2)11(13-10(4)15)12(16)17-7-9(3)14(5)6/h8-9,11H,7H2,1-6H3,(H,13,15)/t9-,11+/m1/s1. The Morgan fingerprint density at radius 3 is 2.12 bits per heavy atom. The Labute approximate surface area is 103 Å². The number of carbonyl (C=O) groups is 2. The van der Waals surface area contributed by atoms with Crippen LogP contribution in [0.25, 0.3) is 0 Å². The summed E-state index contributed by atoms with van der Waals surface area (Å²) in [6.45, 7) is 7.43. The van der Waals surface area contributed by atoms with E-state index in [1.54, 1.807) is 0 Å². The minimum Gasteiger partial charge on any atom is -0.463 e. The Morgan fingerprint density at radius 2 is 1.76 bits per heavy atom. The Hall–Kier alpha value is -1.10. The van der Waals surface area contributed by atoms with Crippen molar-refractivity contribution < 1.29 is 14.3 Å². The lowest BCUT2D eigenvalue weighted by Gasteiger charge is -2.23. The molecule has 2 atom stereocenters. The number of ether oxygens (including phenoxy) is 1. The lowest BCUT2D eigenvalue weighted by Crippen LogP contribution is -2.45. The van der Waals surface area contributed by atoms with Crippen LogP contribution in [-0.2, 0) is 14.3 Å². The Balaban J connectivity index is 4.29. The first kappa shape index (κ1) is 15.9. The van der Waals surface area contributed by atoms with E-state index in [1.807, 2.05) is 39.8 Å². The molecule has 0 aromatic rings. The van der Waals surface area contributed by atoms with Gasteiger partial charge in [0.25, 0.3) is 0 Å². The van der Waals surface area contributed by atoms with Gasteiger partial charge in [-0.25, -0.2) is 4.79 Å². The van der Waals surface area contributed by atoms with Crippen molar-refractivity contribution in [3.63, 3.8) is 0 Å². The molecule has 0 aliphatic carbocycles. The second-order valence-corrected chi connectivity index (χ2v) is 4.86. The van der Waals surface area contributed by atoms with Gasteiger partial charge in [0.2, 0.25) is 5.91 Å². The fraction of sp³-hybridized carbons (Fsp3) is 0.833. The van der Waals surface area contributed by atoms with Crippen LogP contribution in [0, 0.1) is 5.92 Å². The van der Waals surface area contributed by atoms with E-state index in [1.165, 1.54) is 6.92 Å². The first-order valence-electron chi connectivity index (χ1n) is 5.85. The van der Waals surface area contributed by atoms with E-state index in [2.05, 4.69) is 5.32 Å². The zero-order chi connectivity index (χ0) is 13.6. The molecule has 0 unspecified atom stereocenters. The van der Waals surface area contributed by atoms with Gasteiger partial charge in [-0.3, -0.25) is 4.79 Å². The van der Waals surface area contributed by atoms with Gasteiger partial charge in [0, 0.05) is 13.0 Å². The number of esters is 1. The Bertz CT molecular complexity index is 264. The average molecular weight is 244 g/mol. The number of hydrogen-bond acceptors (Lipinski definition) is 4. The van der Waals surface area contributed by atoms with Crippen molar-refractivity contribution in [2.75, 3.05) is 20.7 Å². The van der Waals surface area contributed by atoms with Crippen LogP contribution in [0.3, 0.4) is 0 Å². The summed E-state index contributed by atoms with van der Waals surface area (Å²) in [5.41, 5.74) is 0. The molecule has 1 N–H and O–H groups in total. The van der Waals surface area contributed by atoms with Crippen LogP contribution in [0.1, 0.15) is 27.7 Å². The second-order valence-electron chi connectivity index (χ2n) is 4.86. The lowest BCUT2D eigenvalue weighted by molar-refractivity contribution is -0.150. The third-order valence-corrected chi connectivity index (χ3v) is 2.63. The minimum atomic E-state index is -0.568. The average Bonchev–Trinajstić information content (AvgIpc) is 2.21. The fourth-order valence-electron chi connectivity index (χ4n) is 1.16. The number of hydrogen-bond donors (Lipinski definition) is 1. The Morgan fingerprint density at radius 1 is 1.24 bits per heavy atom. The molecule has 0 saturated carbocycles. The van der Waals surface area contributed by atoms with Crippen LogP contribution < -0.4 is 5.32 Å². The first-order chi connectivity index (χ1) is 7.75. The van der Waals surface area contributed by atoms with Gasteiger partial charge in [-0.2, -0.15) is 0 Å². The van der Waals surface area contributed by atoms with E-state index in [0.29, 0.717) is 6.61 Å². The molecule has 0 aromatic heterocycles. The highest BCUT2D eigenvalue weighted by Gasteiger charge is 2.25. The number of likely N-dealkylation sites (N-methyl/N-ethyl adjacent to an activating group) is 1. The summed E-state index contributed by atoms with van der Waals surface area (Å²) in [5, 5.41) is 2.60. The topological polar surface area (TPSA) is 58.6 Å². The summed E-state index contributed by atoms with van der Waals surface area (Å²) < 4.78 is 5.19. The van der Waals surface area contributed by atoms with Crippen LogP contribution in [0.15, 0.2) is 0 Å². The summed E-state index contributed by atoms with van der Waals surface area (Å²) in [5.74, 6) is -0.578. The predicted octanol–water partition coefficient (Wildman–Crippen LogP) is 0.640. The summed E-state index contributed by atoms with van der Waals surface area (Å²) in [6, 6.07) is -0.411. The number of amides is 1. The molecule has 0 fully saturated rings. The van der Waals surface area contributed by atoms with Crippen molar-refractivity contribution in [1.82, 2.24) is 10.2 Å². The smallest absolute Gasteiger partial charge is 0.328 e. The molecule has 0 aromatic carbocycles. The van der Waals surface area contributed by atoms with Crippen LogP contribution in [0.4, 0.5) is 0 Å². The zero-order valence-electron chi connectivity index (χ0n) is 11.6. The summed E-state index contributed by atoms with van der Waals surface area (Å²) >= 11 is 0. The quantitative estimate of drug-likeness (QED) is 0.697. The molecule has 5 heteroatoms. The molecular weight excluding hydrogens is 220 g/mol. The largest absolute Gasteiger partial charge is 0.463 e. The Kier molecular flexibility index (Phi) is 6.80. The zero-order valence-corrected chi connectivity index (χ0v) is 11.6. The van der Waals surface area contributed by atoms with Crippen LogP contribution in [-0.4, -0.2) is 49.6 Å². The maximum Gasteiger partial charge on any atom is 0.328 e. The van der Waals surface area contributed by atoms with Gasteiger partial charge >= 0.3 is 5.97 Å². The molecule has 17 heavy (non-hydrogen) atoms. The normalized spacial score (nSPS) is 14.6. The van der Waals surface area contributed by atoms with Gasteiger partial charge in [-0.15, -0.1) is 0 Å². The molecule has 0 aliphatic rings. The van der Waals surface area contributed by atoms with Crippen LogP contribution >= 0.6 is 0 Å². The highest BCUT2D eigenvalue weighted by Crippen LogP contribution is 2.05. The summed E-state index contributed by atoms with van der Waals surface area (Å²) in [6.07, 6.45) is 0. The van der Waals surface area contributed by atoms with E-state index in [0.717, 1.165) is 0 Å². The van der Waals surface area contributed by atoms with E-state index in [-0.39, 0.29) is 23.8 Å². The fourth-order valence-corrected chi connectivity index (χ4v) is 1.16. The summed E-state index contributed by atoms with van der Waals surface area (Å²) in [4.78, 5) is 24.7.